The Morgan fingerprint density at radius 3 is 2.62 bits per heavy atom. The molecule has 0 bridgehead atoms. The van der Waals surface area contributed by atoms with Gasteiger partial charge in [-0.25, -0.2) is 21.9 Å². The first-order valence-electron chi connectivity index (χ1n) is 6.64. The second-order valence-corrected chi connectivity index (χ2v) is 6.67. The number of carbonyl (C=O) groups excluding carboxylic acids is 1. The second kappa shape index (κ2) is 6.48. The maximum Gasteiger partial charge on any atom is 0.308 e. The minimum absolute atomic E-state index is 0.336. The van der Waals surface area contributed by atoms with E-state index in [0.29, 0.717) is 0 Å². The molecular formula is C14H13F2NO6S. The van der Waals surface area contributed by atoms with Crippen LogP contribution in [0.1, 0.15) is 13.8 Å². The molecule has 0 fully saturated rings. The largest absolute Gasteiger partial charge is 0.502 e. The first kappa shape index (κ1) is 17.7. The summed E-state index contributed by atoms with van der Waals surface area (Å²) in [7, 11) is -3.85. The summed E-state index contributed by atoms with van der Waals surface area (Å²) in [6, 6.07) is 2.39. The van der Waals surface area contributed by atoms with Crippen LogP contribution in [0.15, 0.2) is 22.6 Å². The number of esters is 1. The van der Waals surface area contributed by atoms with E-state index >= 15 is 0 Å². The fourth-order valence-corrected chi connectivity index (χ4v) is 2.34. The van der Waals surface area contributed by atoms with Crippen molar-refractivity contribution in [2.45, 2.75) is 13.8 Å². The van der Waals surface area contributed by atoms with Crippen LogP contribution in [0.5, 0.6) is 11.5 Å². The minimum Gasteiger partial charge on any atom is -0.502 e. The number of halogens is 2. The van der Waals surface area contributed by atoms with Gasteiger partial charge in [0, 0.05) is 6.92 Å². The van der Waals surface area contributed by atoms with E-state index in [9.17, 15) is 27.1 Å². The van der Waals surface area contributed by atoms with Gasteiger partial charge in [0.25, 0.3) is 5.88 Å². The van der Waals surface area contributed by atoms with Gasteiger partial charge in [-0.15, -0.1) is 0 Å². The Hall–Kier alpha value is -2.62. The molecule has 0 unspecified atom stereocenters. The zero-order valence-electron chi connectivity index (χ0n) is 12.6. The molecule has 2 aromatic rings. The molecule has 0 spiro atoms. The molecule has 1 aromatic heterocycles. The van der Waals surface area contributed by atoms with Crippen LogP contribution in [0, 0.1) is 11.6 Å². The minimum atomic E-state index is -3.85. The van der Waals surface area contributed by atoms with Gasteiger partial charge in [-0.05, 0) is 25.1 Å². The monoisotopic (exact) mass is 361 g/mol. The number of anilines is 1. The Morgan fingerprint density at radius 2 is 2.04 bits per heavy atom. The van der Waals surface area contributed by atoms with Crippen molar-refractivity contribution in [1.82, 2.24) is 0 Å². The van der Waals surface area contributed by atoms with Crippen LogP contribution in [0.25, 0.3) is 11.3 Å². The lowest BCUT2D eigenvalue weighted by atomic mass is 10.1. The lowest BCUT2D eigenvalue weighted by molar-refractivity contribution is -0.131. The van der Waals surface area contributed by atoms with E-state index in [0.717, 1.165) is 25.1 Å². The average Bonchev–Trinajstić information content (AvgIpc) is 2.78. The van der Waals surface area contributed by atoms with Crippen molar-refractivity contribution < 1.29 is 36.3 Å². The summed E-state index contributed by atoms with van der Waals surface area (Å²) in [5.74, 6) is -5.65. The average molecular weight is 361 g/mol. The Morgan fingerprint density at radius 1 is 1.38 bits per heavy atom. The first-order valence-corrected chi connectivity index (χ1v) is 8.30. The quantitative estimate of drug-likeness (QED) is 0.793. The summed E-state index contributed by atoms with van der Waals surface area (Å²) in [6.07, 6.45) is 0. The third-order valence-electron chi connectivity index (χ3n) is 2.89. The molecule has 1 heterocycles. The van der Waals surface area contributed by atoms with Gasteiger partial charge >= 0.3 is 5.97 Å². The molecule has 0 aliphatic heterocycles. The molecule has 2 N–H and O–H groups in total. The van der Waals surface area contributed by atoms with E-state index in [4.69, 9.17) is 9.15 Å². The summed E-state index contributed by atoms with van der Waals surface area (Å²) in [5, 5.41) is 10.1. The molecule has 24 heavy (non-hydrogen) atoms. The predicted octanol–water partition coefficient (Wildman–Crippen LogP) is 2.62. The van der Waals surface area contributed by atoms with Crippen molar-refractivity contribution in [2.24, 2.45) is 0 Å². The van der Waals surface area contributed by atoms with E-state index in [2.05, 4.69) is 0 Å². The standard InChI is InChI=1S/C14H13F2NO6S/c1-3-24(20,21)17-14-13(22-7(2)18)11(19)12(23-14)9-6-8(15)4-5-10(9)16/h4-6,17,19H,3H2,1-2H3. The third kappa shape index (κ3) is 3.65. The number of rotatable bonds is 5. The number of nitrogens with one attached hydrogen (secondary N) is 1. The maximum absolute atomic E-state index is 13.9. The highest BCUT2D eigenvalue weighted by molar-refractivity contribution is 7.92. The van der Waals surface area contributed by atoms with Crippen molar-refractivity contribution in [3.05, 3.63) is 29.8 Å². The zero-order valence-corrected chi connectivity index (χ0v) is 13.4. The number of aromatic hydroxyl groups is 1. The van der Waals surface area contributed by atoms with E-state index in [1.165, 1.54) is 6.92 Å². The van der Waals surface area contributed by atoms with Gasteiger partial charge in [0.1, 0.15) is 11.6 Å². The van der Waals surface area contributed by atoms with E-state index in [-0.39, 0.29) is 5.75 Å². The molecule has 0 aliphatic carbocycles. The number of furan rings is 1. The summed E-state index contributed by atoms with van der Waals surface area (Å²) in [4.78, 5) is 11.1. The summed E-state index contributed by atoms with van der Waals surface area (Å²) in [6.45, 7) is 2.34. The highest BCUT2D eigenvalue weighted by atomic mass is 32.2. The van der Waals surface area contributed by atoms with Crippen molar-refractivity contribution in [3.8, 4) is 22.8 Å². The predicted molar refractivity (Wildman–Crippen MR) is 80.1 cm³/mol. The summed E-state index contributed by atoms with van der Waals surface area (Å²) < 4.78 is 62.2. The highest BCUT2D eigenvalue weighted by Gasteiger charge is 2.28. The molecule has 10 heteroatoms. The van der Waals surface area contributed by atoms with Crippen LogP contribution in [0.2, 0.25) is 0 Å². The number of sulfonamides is 1. The number of benzene rings is 1. The lowest BCUT2D eigenvalue weighted by Gasteiger charge is -2.04. The Labute approximate surface area is 135 Å². The third-order valence-corrected chi connectivity index (χ3v) is 4.14. The fraction of sp³-hybridized carbons (Fsp3) is 0.214. The van der Waals surface area contributed by atoms with Gasteiger partial charge in [-0.1, -0.05) is 0 Å². The molecule has 0 aliphatic rings. The van der Waals surface area contributed by atoms with Crippen LogP contribution >= 0.6 is 0 Å². The van der Waals surface area contributed by atoms with Crippen molar-refractivity contribution in [2.75, 3.05) is 10.5 Å². The molecule has 7 nitrogen and oxygen atoms in total. The lowest BCUT2D eigenvalue weighted by Crippen LogP contribution is -2.15. The van der Waals surface area contributed by atoms with Crippen LogP contribution in [-0.4, -0.2) is 25.2 Å². The molecular weight excluding hydrogens is 348 g/mol. The molecule has 0 atom stereocenters. The van der Waals surface area contributed by atoms with Gasteiger partial charge < -0.3 is 14.3 Å². The van der Waals surface area contributed by atoms with Crippen molar-refractivity contribution in [1.29, 1.82) is 0 Å². The second-order valence-electron chi connectivity index (χ2n) is 4.66. The SMILES string of the molecule is CCS(=O)(=O)Nc1oc(-c2cc(F)ccc2F)c(O)c1OC(C)=O. The van der Waals surface area contributed by atoms with Gasteiger partial charge in [-0.3, -0.25) is 4.79 Å². The van der Waals surface area contributed by atoms with Crippen LogP contribution in [-0.2, 0) is 14.8 Å². The van der Waals surface area contributed by atoms with Gasteiger partial charge in [0.05, 0.1) is 11.3 Å². The van der Waals surface area contributed by atoms with Gasteiger partial charge in [0.15, 0.2) is 5.76 Å². The topological polar surface area (TPSA) is 106 Å². The van der Waals surface area contributed by atoms with Crippen molar-refractivity contribution in [3.63, 3.8) is 0 Å². The molecule has 0 saturated heterocycles. The zero-order chi connectivity index (χ0) is 18.1. The van der Waals surface area contributed by atoms with E-state index in [1.807, 2.05) is 4.72 Å². The number of carbonyl (C=O) groups is 1. The maximum atomic E-state index is 13.9. The van der Waals surface area contributed by atoms with Crippen LogP contribution < -0.4 is 9.46 Å². The molecule has 2 rings (SSSR count). The molecule has 130 valence electrons. The molecule has 0 amide bonds. The summed E-state index contributed by atoms with van der Waals surface area (Å²) in [5.41, 5.74) is -0.470. The number of ether oxygens (including phenoxy) is 1. The number of hydrogen-bond acceptors (Lipinski definition) is 6. The summed E-state index contributed by atoms with van der Waals surface area (Å²) >= 11 is 0. The van der Waals surface area contributed by atoms with Crippen LogP contribution in [0.4, 0.5) is 14.7 Å². The highest BCUT2D eigenvalue weighted by Crippen LogP contribution is 2.47. The Bertz CT molecular complexity index is 891. The Balaban J connectivity index is 2.64. The molecule has 0 saturated carbocycles. The van der Waals surface area contributed by atoms with Crippen LogP contribution in [0.3, 0.4) is 0 Å². The number of hydrogen-bond donors (Lipinski definition) is 2. The van der Waals surface area contributed by atoms with Gasteiger partial charge in [0.2, 0.25) is 21.5 Å². The molecule has 1 aromatic carbocycles. The first-order chi connectivity index (χ1) is 11.1. The van der Waals surface area contributed by atoms with E-state index < -0.39 is 56.3 Å². The van der Waals surface area contributed by atoms with E-state index in [1.54, 1.807) is 0 Å². The normalized spacial score (nSPS) is 11.3. The van der Waals surface area contributed by atoms with Crippen molar-refractivity contribution >= 4 is 21.9 Å². The Kier molecular flexibility index (Phi) is 4.78. The molecule has 0 radical (unpaired) electrons. The fourth-order valence-electron chi connectivity index (χ4n) is 1.78. The van der Waals surface area contributed by atoms with Gasteiger partial charge in [-0.2, -0.15) is 0 Å². The smallest absolute Gasteiger partial charge is 0.308 e.